The van der Waals surface area contributed by atoms with E-state index in [0.717, 1.165) is 18.4 Å². The summed E-state index contributed by atoms with van der Waals surface area (Å²) < 4.78 is 28.6. The minimum absolute atomic E-state index is 0.0399. The summed E-state index contributed by atoms with van der Waals surface area (Å²) in [7, 11) is -3.25. The van der Waals surface area contributed by atoms with Gasteiger partial charge in [-0.3, -0.25) is 4.57 Å². The van der Waals surface area contributed by atoms with E-state index in [9.17, 15) is 9.67 Å². The van der Waals surface area contributed by atoms with E-state index in [1.54, 1.807) is 0 Å². The Kier molecular flexibility index (Phi) is 9.60. The van der Waals surface area contributed by atoms with Gasteiger partial charge in [0.05, 0.1) is 38.7 Å². The summed E-state index contributed by atoms with van der Waals surface area (Å²) in [6, 6.07) is 9.70. The smallest absolute Gasteiger partial charge is 0.333 e. The fraction of sp³-hybridized carbons (Fsp3) is 0.625. The molecular formula is C16H27O5P. The van der Waals surface area contributed by atoms with Crippen LogP contribution in [0.3, 0.4) is 0 Å². The van der Waals surface area contributed by atoms with Crippen molar-refractivity contribution < 1.29 is 23.5 Å². The minimum atomic E-state index is -3.25. The zero-order valence-corrected chi connectivity index (χ0v) is 14.3. The molecule has 0 aromatic heterocycles. The lowest BCUT2D eigenvalue weighted by molar-refractivity contribution is 0.0353. The molecule has 0 aliphatic heterocycles. The van der Waals surface area contributed by atoms with Gasteiger partial charge in [0.1, 0.15) is 0 Å². The second-order valence-corrected chi connectivity index (χ2v) is 7.22. The average Bonchev–Trinajstić information content (AvgIpc) is 2.52. The van der Waals surface area contributed by atoms with E-state index in [1.807, 2.05) is 44.2 Å². The Morgan fingerprint density at radius 3 is 2.23 bits per heavy atom. The first-order valence-electron chi connectivity index (χ1n) is 7.77. The van der Waals surface area contributed by atoms with Crippen LogP contribution in [0.25, 0.3) is 0 Å². The summed E-state index contributed by atoms with van der Waals surface area (Å²) >= 11 is 0. The van der Waals surface area contributed by atoms with E-state index >= 15 is 0 Å². The highest BCUT2D eigenvalue weighted by atomic mass is 31.2. The van der Waals surface area contributed by atoms with Gasteiger partial charge < -0.3 is 18.9 Å². The largest absolute Gasteiger partial charge is 0.390 e. The SMILES string of the molecule is CCCOP(=O)(CC(O)COCc1ccccc1)OCCC. The van der Waals surface area contributed by atoms with Gasteiger partial charge in [-0.2, -0.15) is 0 Å². The van der Waals surface area contributed by atoms with Gasteiger partial charge in [-0.05, 0) is 18.4 Å². The van der Waals surface area contributed by atoms with Crippen LogP contribution >= 0.6 is 7.60 Å². The third-order valence-corrected chi connectivity index (χ3v) is 4.86. The van der Waals surface area contributed by atoms with E-state index < -0.39 is 13.7 Å². The summed E-state index contributed by atoms with van der Waals surface area (Å²) in [5.74, 6) is 0. The van der Waals surface area contributed by atoms with Crippen molar-refractivity contribution in [2.45, 2.75) is 39.4 Å². The number of hydrogen-bond donors (Lipinski definition) is 1. The van der Waals surface area contributed by atoms with Gasteiger partial charge in [-0.15, -0.1) is 0 Å². The molecule has 126 valence electrons. The van der Waals surface area contributed by atoms with Crippen molar-refractivity contribution in [3.8, 4) is 0 Å². The first-order valence-corrected chi connectivity index (χ1v) is 9.50. The zero-order valence-electron chi connectivity index (χ0n) is 13.4. The van der Waals surface area contributed by atoms with E-state index in [-0.39, 0.29) is 12.8 Å². The third-order valence-electron chi connectivity index (χ3n) is 2.84. The monoisotopic (exact) mass is 330 g/mol. The molecule has 0 bridgehead atoms. The van der Waals surface area contributed by atoms with Gasteiger partial charge in [-0.1, -0.05) is 44.2 Å². The third kappa shape index (κ3) is 8.06. The van der Waals surface area contributed by atoms with Crippen molar-refractivity contribution in [1.82, 2.24) is 0 Å². The van der Waals surface area contributed by atoms with Gasteiger partial charge in [0, 0.05) is 0 Å². The molecule has 0 fully saturated rings. The lowest BCUT2D eigenvalue weighted by Gasteiger charge is -2.21. The van der Waals surface area contributed by atoms with Gasteiger partial charge in [-0.25, -0.2) is 0 Å². The highest BCUT2D eigenvalue weighted by molar-refractivity contribution is 7.53. The summed E-state index contributed by atoms with van der Waals surface area (Å²) in [4.78, 5) is 0. The molecule has 1 aromatic carbocycles. The van der Waals surface area contributed by atoms with Crippen molar-refractivity contribution in [2.24, 2.45) is 0 Å². The first-order chi connectivity index (χ1) is 10.6. The highest BCUT2D eigenvalue weighted by Gasteiger charge is 2.28. The predicted octanol–water partition coefficient (Wildman–Crippen LogP) is 3.61. The Hall–Kier alpha value is -0.710. The molecule has 0 spiro atoms. The Bertz CT molecular complexity index is 425. The fourth-order valence-corrected chi connectivity index (χ4v) is 3.63. The van der Waals surface area contributed by atoms with Crippen molar-refractivity contribution >= 4 is 7.60 Å². The van der Waals surface area contributed by atoms with Crippen molar-refractivity contribution in [3.05, 3.63) is 35.9 Å². The summed E-state index contributed by atoms with van der Waals surface area (Å²) in [6.07, 6.45) is 0.588. The molecular weight excluding hydrogens is 303 g/mol. The number of aliphatic hydroxyl groups excluding tert-OH is 1. The maximum absolute atomic E-state index is 12.5. The average molecular weight is 330 g/mol. The van der Waals surface area contributed by atoms with E-state index in [4.69, 9.17) is 13.8 Å². The lowest BCUT2D eigenvalue weighted by Crippen LogP contribution is -2.21. The highest BCUT2D eigenvalue weighted by Crippen LogP contribution is 2.48. The number of benzene rings is 1. The molecule has 6 heteroatoms. The number of aliphatic hydroxyl groups is 1. The molecule has 5 nitrogen and oxygen atoms in total. The maximum atomic E-state index is 12.5. The molecule has 0 aliphatic rings. The quantitative estimate of drug-likeness (QED) is 0.593. The van der Waals surface area contributed by atoms with Crippen LogP contribution in [-0.4, -0.2) is 37.2 Å². The second-order valence-electron chi connectivity index (χ2n) is 5.11. The summed E-state index contributed by atoms with van der Waals surface area (Å²) in [6.45, 7) is 5.10. The maximum Gasteiger partial charge on any atom is 0.333 e. The van der Waals surface area contributed by atoms with Crippen molar-refractivity contribution in [1.29, 1.82) is 0 Å². The molecule has 1 rings (SSSR count). The number of rotatable bonds is 12. The van der Waals surface area contributed by atoms with Crippen LogP contribution < -0.4 is 0 Å². The second kappa shape index (κ2) is 10.9. The minimum Gasteiger partial charge on any atom is -0.390 e. The standard InChI is InChI=1S/C16H27O5P/c1-3-10-20-22(18,21-11-4-2)14-16(17)13-19-12-15-8-6-5-7-9-15/h5-9,16-17H,3-4,10-14H2,1-2H3. The molecule has 1 unspecified atom stereocenters. The Labute approximate surface area is 133 Å². The topological polar surface area (TPSA) is 65.0 Å². The van der Waals surface area contributed by atoms with Crippen LogP contribution in [0.5, 0.6) is 0 Å². The molecule has 22 heavy (non-hydrogen) atoms. The first kappa shape index (κ1) is 19.3. The van der Waals surface area contributed by atoms with Crippen LogP contribution in [0.15, 0.2) is 30.3 Å². The molecule has 0 saturated heterocycles. The van der Waals surface area contributed by atoms with E-state index in [1.165, 1.54) is 0 Å². The molecule has 1 N–H and O–H groups in total. The van der Waals surface area contributed by atoms with Crippen LogP contribution in [0.2, 0.25) is 0 Å². The van der Waals surface area contributed by atoms with Gasteiger partial charge in [0.15, 0.2) is 0 Å². The summed E-state index contributed by atoms with van der Waals surface area (Å²) in [5, 5.41) is 10.0. The molecule has 0 amide bonds. The van der Waals surface area contributed by atoms with Crippen LogP contribution in [-0.2, 0) is 25.0 Å². The summed E-state index contributed by atoms with van der Waals surface area (Å²) in [5.41, 5.74) is 1.03. The molecule has 1 atom stereocenters. The molecule has 0 radical (unpaired) electrons. The van der Waals surface area contributed by atoms with E-state index in [0.29, 0.717) is 19.8 Å². The zero-order chi connectivity index (χ0) is 16.3. The Balaban J connectivity index is 2.38. The van der Waals surface area contributed by atoms with Crippen LogP contribution in [0.4, 0.5) is 0 Å². The van der Waals surface area contributed by atoms with Crippen molar-refractivity contribution in [3.63, 3.8) is 0 Å². The molecule has 0 saturated carbocycles. The molecule has 0 heterocycles. The molecule has 0 aliphatic carbocycles. The van der Waals surface area contributed by atoms with Gasteiger partial charge in [0.2, 0.25) is 0 Å². The number of ether oxygens (including phenoxy) is 1. The molecule has 1 aromatic rings. The normalized spacial score (nSPS) is 13.2. The van der Waals surface area contributed by atoms with Crippen LogP contribution in [0, 0.1) is 0 Å². The Morgan fingerprint density at radius 1 is 1.09 bits per heavy atom. The van der Waals surface area contributed by atoms with Gasteiger partial charge >= 0.3 is 7.60 Å². The fourth-order valence-electron chi connectivity index (χ4n) is 1.80. The Morgan fingerprint density at radius 2 is 1.68 bits per heavy atom. The predicted molar refractivity (Wildman–Crippen MR) is 87.1 cm³/mol. The lowest BCUT2D eigenvalue weighted by atomic mass is 10.2. The van der Waals surface area contributed by atoms with E-state index in [2.05, 4.69) is 0 Å². The number of hydrogen-bond acceptors (Lipinski definition) is 5. The van der Waals surface area contributed by atoms with Gasteiger partial charge in [0.25, 0.3) is 0 Å². The van der Waals surface area contributed by atoms with Crippen molar-refractivity contribution in [2.75, 3.05) is 26.0 Å². The van der Waals surface area contributed by atoms with Crippen LogP contribution in [0.1, 0.15) is 32.3 Å².